The Morgan fingerprint density at radius 3 is 1.60 bits per heavy atom. The summed E-state index contributed by atoms with van der Waals surface area (Å²) in [4.78, 5) is 0. The Bertz CT molecular complexity index is 150. The smallest absolute Gasteiger partial charge is 0.108 e. The Balaban J connectivity index is 4.54. The van der Waals surface area contributed by atoms with E-state index in [4.69, 9.17) is 5.26 Å². The highest BCUT2D eigenvalue weighted by atomic mass is 14.9. The first-order valence-electron chi connectivity index (χ1n) is 3.47. The van der Waals surface area contributed by atoms with Crippen molar-refractivity contribution < 1.29 is 0 Å². The van der Waals surface area contributed by atoms with Crippen molar-refractivity contribution in [2.45, 2.75) is 33.2 Å². The molecule has 0 aromatic rings. The van der Waals surface area contributed by atoms with Gasteiger partial charge in [0.2, 0.25) is 0 Å². The highest BCUT2D eigenvalue weighted by Crippen LogP contribution is 2.28. The second-order valence-electron chi connectivity index (χ2n) is 3.74. The first-order valence-corrected chi connectivity index (χ1v) is 3.47. The average molecular weight is 140 g/mol. The number of nitrogens with one attached hydrogen (secondary N) is 1. The van der Waals surface area contributed by atoms with E-state index in [0.29, 0.717) is 0 Å². The minimum absolute atomic E-state index is 0.0174. The number of rotatable bonds is 1. The lowest BCUT2D eigenvalue weighted by Crippen LogP contribution is -2.49. The SMILES string of the molecule is CNC(C)(C#N)C(C)(C)C. The van der Waals surface area contributed by atoms with Crippen LogP contribution < -0.4 is 5.32 Å². The standard InChI is InChI=1S/C8H16N2/c1-7(2,3)8(4,6-9)10-5/h10H,1-5H3. The van der Waals surface area contributed by atoms with E-state index in [0.717, 1.165) is 0 Å². The molecule has 0 aromatic heterocycles. The van der Waals surface area contributed by atoms with Crippen molar-refractivity contribution >= 4 is 0 Å². The number of hydrogen-bond donors (Lipinski definition) is 1. The summed E-state index contributed by atoms with van der Waals surface area (Å²) < 4.78 is 0. The van der Waals surface area contributed by atoms with E-state index in [9.17, 15) is 0 Å². The Kier molecular flexibility index (Phi) is 2.45. The van der Waals surface area contributed by atoms with Crippen molar-refractivity contribution in [3.63, 3.8) is 0 Å². The number of nitriles is 1. The van der Waals surface area contributed by atoms with Gasteiger partial charge < -0.3 is 5.32 Å². The number of hydrogen-bond acceptors (Lipinski definition) is 2. The largest absolute Gasteiger partial charge is 0.302 e. The third-order valence-electron chi connectivity index (χ3n) is 2.22. The zero-order valence-electron chi connectivity index (χ0n) is 7.45. The third-order valence-corrected chi connectivity index (χ3v) is 2.22. The molecular formula is C8H16N2. The normalized spacial score (nSPS) is 17.6. The Labute approximate surface area is 63.2 Å². The molecule has 0 saturated carbocycles. The van der Waals surface area contributed by atoms with Gasteiger partial charge in [0.1, 0.15) is 5.54 Å². The van der Waals surface area contributed by atoms with Crippen LogP contribution >= 0.6 is 0 Å². The van der Waals surface area contributed by atoms with Crippen LogP contribution in [0.2, 0.25) is 0 Å². The van der Waals surface area contributed by atoms with Crippen LogP contribution in [-0.4, -0.2) is 12.6 Å². The Morgan fingerprint density at radius 1 is 1.20 bits per heavy atom. The van der Waals surface area contributed by atoms with E-state index in [1.807, 2.05) is 34.7 Å². The van der Waals surface area contributed by atoms with Crippen molar-refractivity contribution in [3.05, 3.63) is 0 Å². The summed E-state index contributed by atoms with van der Waals surface area (Å²) in [5.41, 5.74) is -0.441. The molecule has 0 aliphatic rings. The maximum Gasteiger partial charge on any atom is 0.108 e. The first-order chi connectivity index (χ1) is 4.37. The first kappa shape index (κ1) is 9.45. The topological polar surface area (TPSA) is 35.8 Å². The van der Waals surface area contributed by atoms with Crippen LogP contribution in [0.3, 0.4) is 0 Å². The summed E-state index contributed by atoms with van der Waals surface area (Å²) in [5, 5.41) is 11.8. The molecule has 0 bridgehead atoms. The third kappa shape index (κ3) is 1.48. The minimum atomic E-state index is -0.424. The van der Waals surface area contributed by atoms with Crippen molar-refractivity contribution in [1.29, 1.82) is 5.26 Å². The highest BCUT2D eigenvalue weighted by molar-refractivity contribution is 5.10. The van der Waals surface area contributed by atoms with E-state index >= 15 is 0 Å². The van der Waals surface area contributed by atoms with Crippen molar-refractivity contribution in [2.75, 3.05) is 7.05 Å². The number of nitrogens with zero attached hydrogens (tertiary/aromatic N) is 1. The summed E-state index contributed by atoms with van der Waals surface area (Å²) in [5.74, 6) is 0. The predicted molar refractivity (Wildman–Crippen MR) is 42.5 cm³/mol. The quantitative estimate of drug-likeness (QED) is 0.599. The van der Waals surface area contributed by atoms with Gasteiger partial charge in [-0.2, -0.15) is 5.26 Å². The second kappa shape index (κ2) is 2.59. The van der Waals surface area contributed by atoms with Crippen LogP contribution in [0.1, 0.15) is 27.7 Å². The van der Waals surface area contributed by atoms with E-state index in [1.54, 1.807) is 0 Å². The molecule has 0 radical (unpaired) electrons. The highest BCUT2D eigenvalue weighted by Gasteiger charge is 2.35. The van der Waals surface area contributed by atoms with Crippen molar-refractivity contribution in [3.8, 4) is 6.07 Å². The van der Waals surface area contributed by atoms with Crippen LogP contribution in [-0.2, 0) is 0 Å². The Hall–Kier alpha value is -0.550. The lowest BCUT2D eigenvalue weighted by Gasteiger charge is -2.35. The summed E-state index contributed by atoms with van der Waals surface area (Å²) in [7, 11) is 1.81. The van der Waals surface area contributed by atoms with Crippen molar-refractivity contribution in [1.82, 2.24) is 5.32 Å². The lowest BCUT2D eigenvalue weighted by molar-refractivity contribution is 0.229. The van der Waals surface area contributed by atoms with Crippen LogP contribution in [0.5, 0.6) is 0 Å². The molecule has 0 aliphatic heterocycles. The molecule has 10 heavy (non-hydrogen) atoms. The molecule has 1 unspecified atom stereocenters. The van der Waals surface area contributed by atoms with Gasteiger partial charge in [-0.05, 0) is 19.4 Å². The zero-order chi connectivity index (χ0) is 8.41. The van der Waals surface area contributed by atoms with Gasteiger partial charge in [0.05, 0.1) is 6.07 Å². The lowest BCUT2D eigenvalue weighted by atomic mass is 9.76. The van der Waals surface area contributed by atoms with Gasteiger partial charge >= 0.3 is 0 Å². The van der Waals surface area contributed by atoms with E-state index in [-0.39, 0.29) is 5.41 Å². The summed E-state index contributed by atoms with van der Waals surface area (Å²) in [6.45, 7) is 8.05. The molecule has 0 aromatic carbocycles. The molecule has 2 nitrogen and oxygen atoms in total. The fourth-order valence-electron chi connectivity index (χ4n) is 0.599. The molecule has 0 rings (SSSR count). The molecule has 2 heteroatoms. The summed E-state index contributed by atoms with van der Waals surface area (Å²) >= 11 is 0. The van der Waals surface area contributed by atoms with E-state index in [2.05, 4.69) is 11.4 Å². The predicted octanol–water partition coefficient (Wildman–Crippen LogP) is 1.53. The summed E-state index contributed by atoms with van der Waals surface area (Å²) in [6.07, 6.45) is 0. The zero-order valence-corrected chi connectivity index (χ0v) is 7.45. The molecular weight excluding hydrogens is 124 g/mol. The average Bonchev–Trinajstić information content (AvgIpc) is 1.84. The van der Waals surface area contributed by atoms with E-state index in [1.165, 1.54) is 0 Å². The fraction of sp³-hybridized carbons (Fsp3) is 0.875. The molecule has 0 fully saturated rings. The van der Waals surface area contributed by atoms with Gasteiger partial charge in [0.25, 0.3) is 0 Å². The minimum Gasteiger partial charge on any atom is -0.302 e. The van der Waals surface area contributed by atoms with Crippen LogP contribution in [0.25, 0.3) is 0 Å². The molecule has 1 N–H and O–H groups in total. The second-order valence-corrected chi connectivity index (χ2v) is 3.74. The van der Waals surface area contributed by atoms with Gasteiger partial charge in [-0.25, -0.2) is 0 Å². The maximum atomic E-state index is 8.81. The molecule has 0 aliphatic carbocycles. The molecule has 0 spiro atoms. The van der Waals surface area contributed by atoms with Crippen LogP contribution in [0.15, 0.2) is 0 Å². The molecule has 0 heterocycles. The molecule has 1 atom stereocenters. The van der Waals surface area contributed by atoms with Gasteiger partial charge in [0, 0.05) is 0 Å². The van der Waals surface area contributed by atoms with Gasteiger partial charge in [-0.15, -0.1) is 0 Å². The monoisotopic (exact) mass is 140 g/mol. The van der Waals surface area contributed by atoms with Crippen LogP contribution in [0.4, 0.5) is 0 Å². The van der Waals surface area contributed by atoms with Crippen molar-refractivity contribution in [2.24, 2.45) is 5.41 Å². The molecule has 0 amide bonds. The van der Waals surface area contributed by atoms with Gasteiger partial charge in [0.15, 0.2) is 0 Å². The molecule has 58 valence electrons. The molecule has 0 saturated heterocycles. The maximum absolute atomic E-state index is 8.81. The van der Waals surface area contributed by atoms with Crippen LogP contribution in [0, 0.1) is 16.7 Å². The summed E-state index contributed by atoms with van der Waals surface area (Å²) in [6, 6.07) is 2.26. The van der Waals surface area contributed by atoms with Gasteiger partial charge in [-0.1, -0.05) is 20.8 Å². The Morgan fingerprint density at radius 2 is 1.60 bits per heavy atom. The van der Waals surface area contributed by atoms with E-state index < -0.39 is 5.54 Å². The fourth-order valence-corrected chi connectivity index (χ4v) is 0.599. The van der Waals surface area contributed by atoms with Gasteiger partial charge in [-0.3, -0.25) is 0 Å².